The van der Waals surface area contributed by atoms with Crippen LogP contribution in [0.5, 0.6) is 5.75 Å². The molecule has 5 nitrogen and oxygen atoms in total. The van der Waals surface area contributed by atoms with Gasteiger partial charge in [0.2, 0.25) is 6.41 Å². The molecule has 0 unspecified atom stereocenters. The van der Waals surface area contributed by atoms with Gasteiger partial charge in [-0.25, -0.2) is 4.39 Å². The third kappa shape index (κ3) is 4.45. The Balaban J connectivity index is 1.80. The normalized spacial score (nSPS) is 22.6. The first-order chi connectivity index (χ1) is 12.7. The number of rotatable bonds is 6. The number of nitrogens with zero attached hydrogens (tertiary/aromatic N) is 1. The highest BCUT2D eigenvalue weighted by atomic mass is 19.1. The van der Waals surface area contributed by atoms with Crippen LogP contribution in [0.1, 0.15) is 51.8 Å². The van der Waals surface area contributed by atoms with Crippen molar-refractivity contribution in [2.45, 2.75) is 57.2 Å². The average Bonchev–Trinajstić information content (AvgIpc) is 2.98. The van der Waals surface area contributed by atoms with E-state index >= 15 is 0 Å². The van der Waals surface area contributed by atoms with Crippen LogP contribution in [0.15, 0.2) is 36.5 Å². The van der Waals surface area contributed by atoms with Crippen LogP contribution < -0.4 is 10.6 Å². The van der Waals surface area contributed by atoms with Crippen molar-refractivity contribution in [2.24, 2.45) is 0 Å². The molecule has 1 saturated heterocycles. The molecule has 144 valence electrons. The van der Waals surface area contributed by atoms with E-state index in [0.29, 0.717) is 11.1 Å². The molecule has 6 heteroatoms. The summed E-state index contributed by atoms with van der Waals surface area (Å²) >= 11 is 0. The maximum Gasteiger partial charge on any atom is 0.207 e. The molecule has 0 aliphatic carbocycles. The molecule has 1 aromatic heterocycles. The van der Waals surface area contributed by atoms with Gasteiger partial charge in [0.15, 0.2) is 0 Å². The Bertz CT molecular complexity index is 840. The number of nitrogens with one attached hydrogen (secondary N) is 2. The number of pyridine rings is 1. The average molecular weight is 371 g/mol. The maximum absolute atomic E-state index is 14.2. The fraction of sp³-hybridized carbons (Fsp3) is 0.429. The Morgan fingerprint density at radius 1 is 1.41 bits per heavy atom. The summed E-state index contributed by atoms with van der Waals surface area (Å²) in [6, 6.07) is 7.69. The molecule has 1 aliphatic rings. The van der Waals surface area contributed by atoms with Crippen molar-refractivity contribution in [3.8, 4) is 16.9 Å². The number of benzene rings is 1. The van der Waals surface area contributed by atoms with E-state index in [2.05, 4.69) is 22.5 Å². The van der Waals surface area contributed by atoms with Gasteiger partial charge in [-0.3, -0.25) is 9.78 Å². The van der Waals surface area contributed by atoms with Gasteiger partial charge in [0.05, 0.1) is 5.69 Å². The van der Waals surface area contributed by atoms with Crippen LogP contribution in [0, 0.1) is 5.82 Å². The number of amides is 1. The Hall–Kier alpha value is -2.47. The molecule has 2 aromatic rings. The van der Waals surface area contributed by atoms with Crippen molar-refractivity contribution in [3.63, 3.8) is 0 Å². The van der Waals surface area contributed by atoms with Crippen LogP contribution in [-0.4, -0.2) is 27.6 Å². The zero-order valence-electron chi connectivity index (χ0n) is 15.9. The van der Waals surface area contributed by atoms with Crippen molar-refractivity contribution in [2.75, 3.05) is 0 Å². The van der Waals surface area contributed by atoms with Gasteiger partial charge in [0.25, 0.3) is 0 Å². The minimum Gasteiger partial charge on any atom is -0.508 e. The lowest BCUT2D eigenvalue weighted by Gasteiger charge is -2.35. The van der Waals surface area contributed by atoms with Gasteiger partial charge in [0.1, 0.15) is 11.6 Å². The first-order valence-electron chi connectivity index (χ1n) is 9.15. The van der Waals surface area contributed by atoms with Crippen LogP contribution in [0.3, 0.4) is 0 Å². The van der Waals surface area contributed by atoms with Crippen molar-refractivity contribution < 1.29 is 14.3 Å². The number of carbonyl (C=O) groups excluding carboxylic acids is 1. The maximum atomic E-state index is 14.2. The summed E-state index contributed by atoms with van der Waals surface area (Å²) < 4.78 is 14.2. The smallest absolute Gasteiger partial charge is 0.207 e. The van der Waals surface area contributed by atoms with Crippen molar-refractivity contribution in [3.05, 3.63) is 48.0 Å². The molecule has 1 amide bonds. The van der Waals surface area contributed by atoms with Crippen LogP contribution in [-0.2, 0) is 4.79 Å². The lowest BCUT2D eigenvalue weighted by atomic mass is 9.85. The fourth-order valence-electron chi connectivity index (χ4n) is 4.12. The van der Waals surface area contributed by atoms with E-state index in [1.54, 1.807) is 12.3 Å². The predicted octanol–water partition coefficient (Wildman–Crippen LogP) is 3.69. The molecular weight excluding hydrogens is 345 g/mol. The topological polar surface area (TPSA) is 74.2 Å². The molecule has 27 heavy (non-hydrogen) atoms. The lowest BCUT2D eigenvalue weighted by molar-refractivity contribution is -0.111. The van der Waals surface area contributed by atoms with Crippen LogP contribution in [0.25, 0.3) is 11.1 Å². The zero-order chi connectivity index (χ0) is 19.7. The number of phenolic OH excluding ortho intramolecular Hbond substituents is 1. The summed E-state index contributed by atoms with van der Waals surface area (Å²) in [7, 11) is 0. The summed E-state index contributed by atoms with van der Waals surface area (Å²) in [6.07, 6.45) is 5.06. The highest BCUT2D eigenvalue weighted by Crippen LogP contribution is 2.37. The Kier molecular flexibility index (Phi) is 5.20. The number of hydrogen-bond acceptors (Lipinski definition) is 4. The summed E-state index contributed by atoms with van der Waals surface area (Å²) in [5.41, 5.74) is 1.46. The van der Waals surface area contributed by atoms with Gasteiger partial charge in [-0.2, -0.15) is 0 Å². The molecule has 0 saturated carbocycles. The second-order valence-corrected chi connectivity index (χ2v) is 8.25. The van der Waals surface area contributed by atoms with Gasteiger partial charge in [-0.05, 0) is 75.9 Å². The number of hydrogen-bond donors (Lipinski definition) is 3. The molecule has 1 fully saturated rings. The SMILES string of the molecule is CC(C)(C[C@@]1(C)CC[C@H](c2cc(-c3cc(O)ccc3F)ccn2)N1)NC=O. The fourth-order valence-corrected chi connectivity index (χ4v) is 4.12. The highest BCUT2D eigenvalue weighted by molar-refractivity contribution is 5.66. The summed E-state index contributed by atoms with van der Waals surface area (Å²) in [4.78, 5) is 15.3. The molecule has 1 aliphatic heterocycles. The van der Waals surface area contributed by atoms with E-state index in [1.165, 1.54) is 18.2 Å². The first-order valence-corrected chi connectivity index (χ1v) is 9.15. The highest BCUT2D eigenvalue weighted by Gasteiger charge is 2.39. The Labute approximate surface area is 159 Å². The van der Waals surface area contributed by atoms with Gasteiger partial charge < -0.3 is 15.7 Å². The molecule has 3 rings (SSSR count). The third-order valence-electron chi connectivity index (χ3n) is 5.19. The molecule has 3 N–H and O–H groups in total. The van der Waals surface area contributed by atoms with Gasteiger partial charge in [0, 0.05) is 28.9 Å². The minimum atomic E-state index is -0.379. The molecule has 0 radical (unpaired) electrons. The van der Waals surface area contributed by atoms with Gasteiger partial charge in [-0.1, -0.05) is 0 Å². The second-order valence-electron chi connectivity index (χ2n) is 8.25. The number of aromatic nitrogens is 1. The van der Waals surface area contributed by atoms with E-state index in [1.807, 2.05) is 19.9 Å². The second kappa shape index (κ2) is 7.27. The summed E-state index contributed by atoms with van der Waals surface area (Å²) in [5.74, 6) is -0.350. The van der Waals surface area contributed by atoms with Crippen LogP contribution in [0.2, 0.25) is 0 Å². The number of halogens is 1. The Morgan fingerprint density at radius 3 is 2.93 bits per heavy atom. The molecule has 1 aromatic carbocycles. The van der Waals surface area contributed by atoms with E-state index in [9.17, 15) is 14.3 Å². The molecule has 0 spiro atoms. The quantitative estimate of drug-likeness (QED) is 0.677. The largest absolute Gasteiger partial charge is 0.508 e. The predicted molar refractivity (Wildman–Crippen MR) is 103 cm³/mol. The van der Waals surface area contributed by atoms with Crippen molar-refractivity contribution in [1.82, 2.24) is 15.6 Å². The molecule has 2 atom stereocenters. The summed E-state index contributed by atoms with van der Waals surface area (Å²) in [5, 5.41) is 16.2. The number of carbonyl (C=O) groups is 1. The number of aromatic hydroxyl groups is 1. The first kappa shape index (κ1) is 19.3. The van der Waals surface area contributed by atoms with E-state index in [-0.39, 0.29) is 28.7 Å². The van der Waals surface area contributed by atoms with Crippen LogP contribution in [0.4, 0.5) is 4.39 Å². The van der Waals surface area contributed by atoms with Gasteiger partial charge in [-0.15, -0.1) is 0 Å². The summed E-state index contributed by atoms with van der Waals surface area (Å²) in [6.45, 7) is 6.16. The van der Waals surface area contributed by atoms with E-state index < -0.39 is 0 Å². The van der Waals surface area contributed by atoms with E-state index in [0.717, 1.165) is 31.4 Å². The lowest BCUT2D eigenvalue weighted by Crippen LogP contribution is -2.49. The zero-order valence-corrected chi connectivity index (χ0v) is 15.9. The number of phenols is 1. The van der Waals surface area contributed by atoms with Crippen molar-refractivity contribution in [1.29, 1.82) is 0 Å². The van der Waals surface area contributed by atoms with Gasteiger partial charge >= 0.3 is 0 Å². The minimum absolute atomic E-state index is 0.0289. The Morgan fingerprint density at radius 2 is 2.19 bits per heavy atom. The molecule has 2 heterocycles. The molecule has 0 bridgehead atoms. The third-order valence-corrected chi connectivity index (χ3v) is 5.19. The van der Waals surface area contributed by atoms with E-state index in [4.69, 9.17) is 0 Å². The van der Waals surface area contributed by atoms with Crippen LogP contribution >= 0.6 is 0 Å². The van der Waals surface area contributed by atoms with Crippen molar-refractivity contribution >= 4 is 6.41 Å². The monoisotopic (exact) mass is 371 g/mol. The molecular formula is C21H26FN3O2. The standard InChI is InChI=1S/C21H26FN3O2/c1-20(2,24-13-26)12-21(3)8-6-18(25-21)19-10-14(7-9-23-19)16-11-15(27)4-5-17(16)22/h4-5,7,9-11,13,18,25,27H,6,8,12H2,1-3H3,(H,24,26)/t18-,21-/m1/s1.